The summed E-state index contributed by atoms with van der Waals surface area (Å²) in [4.78, 5) is 71.4. The minimum absolute atomic E-state index is 0.00724. The highest BCUT2D eigenvalue weighted by atomic mass is 32.2. The van der Waals surface area contributed by atoms with Gasteiger partial charge in [0.15, 0.2) is 21.7 Å². The third kappa shape index (κ3) is 14.2. The number of halogens is 2. The van der Waals surface area contributed by atoms with Crippen LogP contribution in [0.2, 0.25) is 25.7 Å². The minimum Gasteiger partial charge on any atom is -0.479 e. The monoisotopic (exact) mass is 967 g/mol. The maximum absolute atomic E-state index is 15.4. The quantitative estimate of drug-likeness (QED) is 0.0706. The van der Waals surface area contributed by atoms with Crippen molar-refractivity contribution >= 4 is 76.0 Å². The molecular formula is C47H59F2N5O11SSi. The zero-order chi connectivity index (χ0) is 49.8. The van der Waals surface area contributed by atoms with Crippen molar-refractivity contribution in [1.29, 1.82) is 0 Å². The number of imide groups is 1. The van der Waals surface area contributed by atoms with Crippen molar-refractivity contribution in [3.8, 4) is 0 Å². The fraction of sp³-hybridized carbons (Fsp3) is 0.447. The number of nitrogens with zero attached hydrogens (tertiary/aromatic N) is 3. The summed E-state index contributed by atoms with van der Waals surface area (Å²) in [5.74, 6) is -3.79. The lowest BCUT2D eigenvalue weighted by atomic mass is 10.00. The van der Waals surface area contributed by atoms with Crippen LogP contribution in [0.4, 0.5) is 40.4 Å². The number of carbonyl (C=O) groups is 5. The van der Waals surface area contributed by atoms with Gasteiger partial charge in [0.25, 0.3) is 0 Å². The number of benzene rings is 3. The fourth-order valence-corrected chi connectivity index (χ4v) is 9.28. The van der Waals surface area contributed by atoms with E-state index in [-0.39, 0.29) is 75.5 Å². The molecule has 20 heteroatoms. The molecule has 1 aliphatic rings. The molecule has 4 amide bonds. The molecule has 1 atom stereocenters. The van der Waals surface area contributed by atoms with E-state index in [0.717, 1.165) is 18.3 Å². The second-order valence-corrected chi connectivity index (χ2v) is 27.5. The molecule has 0 aliphatic heterocycles. The van der Waals surface area contributed by atoms with E-state index in [2.05, 4.69) is 35.3 Å². The number of aromatic nitrogens is 1. The molecule has 1 aliphatic carbocycles. The molecule has 1 aromatic heterocycles. The largest absolute Gasteiger partial charge is 0.479 e. The van der Waals surface area contributed by atoms with Gasteiger partial charge in [-0.25, -0.2) is 41.4 Å². The lowest BCUT2D eigenvalue weighted by Gasteiger charge is -2.28. The van der Waals surface area contributed by atoms with E-state index in [0.29, 0.717) is 17.7 Å². The van der Waals surface area contributed by atoms with E-state index in [4.69, 9.17) is 14.2 Å². The maximum Gasteiger partial charge on any atom is 0.425 e. The number of ether oxygens (including phenoxy) is 3. The first-order valence-electron chi connectivity index (χ1n) is 21.7. The van der Waals surface area contributed by atoms with E-state index < -0.39 is 82.2 Å². The highest BCUT2D eigenvalue weighted by Gasteiger charge is 2.39. The predicted octanol–water partition coefficient (Wildman–Crippen LogP) is 9.84. The molecule has 5 rings (SSSR count). The predicted molar refractivity (Wildman–Crippen MR) is 252 cm³/mol. The second-order valence-electron chi connectivity index (χ2n) is 19.6. The number of carboxylic acid groups (broad SMARTS) is 1. The van der Waals surface area contributed by atoms with E-state index in [1.54, 1.807) is 41.5 Å². The third-order valence-electron chi connectivity index (χ3n) is 10.2. The molecule has 0 spiro atoms. The smallest absolute Gasteiger partial charge is 0.425 e. The van der Waals surface area contributed by atoms with E-state index in [9.17, 15) is 37.5 Å². The van der Waals surface area contributed by atoms with Crippen molar-refractivity contribution in [3.05, 3.63) is 89.1 Å². The zero-order valence-electron chi connectivity index (χ0n) is 39.4. The Bertz CT molecular complexity index is 2630. The average Bonchev–Trinajstić information content (AvgIpc) is 4.06. The van der Waals surface area contributed by atoms with Gasteiger partial charge in [-0.3, -0.25) is 4.79 Å². The SMILES string of the molecule is CN(Cc1cc(NC(=O)CCc2cc(C(Nc3ccc4c(N(C(=O)OC(C)(C)C)C(=O)OC(C)(C)C)ncc(F)c4c3)C(=O)O)ccc2F)ccc1S(=O)(=O)C1CC1)C(=O)OCC[Si](C)(C)C. The van der Waals surface area contributed by atoms with Crippen molar-refractivity contribution in [2.24, 2.45) is 0 Å². The van der Waals surface area contributed by atoms with Crippen LogP contribution in [0.3, 0.4) is 0 Å². The van der Waals surface area contributed by atoms with Crippen LogP contribution in [-0.2, 0) is 46.6 Å². The van der Waals surface area contributed by atoms with Gasteiger partial charge in [0.2, 0.25) is 5.91 Å². The topological polar surface area (TPSA) is 211 Å². The van der Waals surface area contributed by atoms with Crippen LogP contribution < -0.4 is 15.5 Å². The van der Waals surface area contributed by atoms with Gasteiger partial charge < -0.3 is 34.9 Å². The van der Waals surface area contributed by atoms with Gasteiger partial charge in [-0.2, -0.15) is 4.90 Å². The molecule has 1 unspecified atom stereocenters. The van der Waals surface area contributed by atoms with Crippen LogP contribution in [-0.4, -0.2) is 91.7 Å². The fourth-order valence-electron chi connectivity index (χ4n) is 6.71. The number of pyridine rings is 1. The van der Waals surface area contributed by atoms with Crippen LogP contribution in [0, 0.1) is 11.6 Å². The Morgan fingerprint density at radius 2 is 1.46 bits per heavy atom. The van der Waals surface area contributed by atoms with Gasteiger partial charge in [-0.15, -0.1) is 0 Å². The molecule has 0 bridgehead atoms. The normalized spacial score (nSPS) is 13.6. The summed E-state index contributed by atoms with van der Waals surface area (Å²) in [5.41, 5.74) is -1.31. The Morgan fingerprint density at radius 1 is 0.836 bits per heavy atom. The summed E-state index contributed by atoms with van der Waals surface area (Å²) in [6.07, 6.45) is -1.45. The highest BCUT2D eigenvalue weighted by Crippen LogP contribution is 2.37. The molecular weight excluding hydrogens is 909 g/mol. The Balaban J connectivity index is 1.34. The number of aliphatic carboxylic acids is 1. The maximum atomic E-state index is 15.4. The van der Waals surface area contributed by atoms with Crippen molar-refractivity contribution in [2.75, 3.05) is 29.2 Å². The first-order valence-corrected chi connectivity index (χ1v) is 26.9. The summed E-state index contributed by atoms with van der Waals surface area (Å²) in [6, 6.07) is 11.2. The first-order chi connectivity index (χ1) is 31.0. The number of rotatable bonds is 16. The number of sulfone groups is 1. The van der Waals surface area contributed by atoms with Gasteiger partial charge in [-0.1, -0.05) is 31.8 Å². The number of hydrogen-bond acceptors (Lipinski definition) is 12. The van der Waals surface area contributed by atoms with E-state index in [1.165, 1.54) is 60.5 Å². The molecule has 1 saturated carbocycles. The number of aryl methyl sites for hydroxylation is 1. The Hall–Kier alpha value is -6.15. The van der Waals surface area contributed by atoms with Gasteiger partial charge in [0.05, 0.1) is 29.5 Å². The van der Waals surface area contributed by atoms with Crippen molar-refractivity contribution < 1.29 is 60.5 Å². The third-order valence-corrected chi connectivity index (χ3v) is 14.2. The molecule has 16 nitrogen and oxygen atoms in total. The number of anilines is 3. The zero-order valence-corrected chi connectivity index (χ0v) is 41.2. The molecule has 362 valence electrons. The molecule has 1 heterocycles. The van der Waals surface area contributed by atoms with Crippen LogP contribution >= 0.6 is 0 Å². The van der Waals surface area contributed by atoms with Gasteiger partial charge in [-0.05, 0) is 126 Å². The standard InChI is InChI=1S/C47H59F2N5O11SSi/c1-46(2,3)64-44(59)54(45(60)65-47(4,5)6)41-34-17-13-32(25-35(34)37(49)26-50-41)52-40(42(56)57)29-11-18-36(48)28(23-29)12-20-39(55)51-31-14-19-38(66(61,62)33-15-16-33)30(24-31)27-53(7)43(58)63-21-22-67(8,9)10/h11,13-14,17-19,23-26,33,40,52H,12,15-16,20-22,27H2,1-10H3,(H,51,55)(H,56,57). The molecule has 0 saturated heterocycles. The van der Waals surface area contributed by atoms with Crippen LogP contribution in [0.1, 0.15) is 83.5 Å². The Labute approximate surface area is 390 Å². The Kier molecular flexibility index (Phi) is 15.8. The number of hydrogen-bond donors (Lipinski definition) is 3. The number of amides is 4. The number of carbonyl (C=O) groups excluding carboxylic acids is 4. The molecule has 67 heavy (non-hydrogen) atoms. The molecule has 1 fully saturated rings. The molecule has 4 aromatic rings. The lowest BCUT2D eigenvalue weighted by Crippen LogP contribution is -2.44. The summed E-state index contributed by atoms with van der Waals surface area (Å²) in [5, 5.41) is 15.2. The Morgan fingerprint density at radius 3 is 2.04 bits per heavy atom. The van der Waals surface area contributed by atoms with E-state index in [1.807, 2.05) is 0 Å². The van der Waals surface area contributed by atoms with Crippen molar-refractivity contribution in [2.45, 2.75) is 127 Å². The summed E-state index contributed by atoms with van der Waals surface area (Å²) in [6.45, 7) is 16.1. The number of fused-ring (bicyclic) bond motifs is 1. The van der Waals surface area contributed by atoms with Gasteiger partial charge in [0, 0.05) is 43.7 Å². The minimum atomic E-state index is -3.70. The van der Waals surface area contributed by atoms with E-state index >= 15 is 8.78 Å². The summed E-state index contributed by atoms with van der Waals surface area (Å²) in [7, 11) is -3.68. The van der Waals surface area contributed by atoms with Crippen molar-refractivity contribution in [3.63, 3.8) is 0 Å². The lowest BCUT2D eigenvalue weighted by molar-refractivity contribution is -0.138. The first kappa shape index (κ1) is 51.8. The molecule has 0 radical (unpaired) electrons. The average molecular weight is 968 g/mol. The highest BCUT2D eigenvalue weighted by molar-refractivity contribution is 7.92. The number of carboxylic acids is 1. The second kappa shape index (κ2) is 20.4. The van der Waals surface area contributed by atoms with Crippen LogP contribution in [0.5, 0.6) is 0 Å². The van der Waals surface area contributed by atoms with Crippen LogP contribution in [0.25, 0.3) is 10.8 Å². The summed E-state index contributed by atoms with van der Waals surface area (Å²) >= 11 is 0. The number of nitrogens with one attached hydrogen (secondary N) is 2. The van der Waals surface area contributed by atoms with Crippen LogP contribution in [0.15, 0.2) is 65.7 Å². The van der Waals surface area contributed by atoms with Gasteiger partial charge in [0.1, 0.15) is 22.8 Å². The van der Waals surface area contributed by atoms with Gasteiger partial charge >= 0.3 is 24.2 Å². The summed E-state index contributed by atoms with van der Waals surface area (Å²) < 4.78 is 73.8. The molecule has 3 N–H and O–H groups in total. The molecule has 3 aromatic carbocycles. The van der Waals surface area contributed by atoms with Crippen molar-refractivity contribution in [1.82, 2.24) is 9.88 Å².